The molecule has 100 valence electrons. The third kappa shape index (κ3) is 1.70. The normalized spacial score (nSPS) is 19.2. The van der Waals surface area contributed by atoms with Crippen LogP contribution in [0.4, 0.5) is 10.6 Å². The predicted octanol–water partition coefficient (Wildman–Crippen LogP) is -0.373. The van der Waals surface area contributed by atoms with E-state index in [1.165, 1.54) is 15.8 Å². The van der Waals surface area contributed by atoms with Crippen LogP contribution in [0.2, 0.25) is 0 Å². The second kappa shape index (κ2) is 3.97. The highest BCUT2D eigenvalue weighted by atomic mass is 16.4. The first-order valence-corrected chi connectivity index (χ1v) is 5.76. The summed E-state index contributed by atoms with van der Waals surface area (Å²) in [7, 11) is 0. The number of fused-ring (bicyclic) bond motifs is 1. The molecule has 2 aromatic rings. The van der Waals surface area contributed by atoms with Gasteiger partial charge in [-0.3, -0.25) is 4.57 Å². The van der Waals surface area contributed by atoms with Crippen LogP contribution in [0.1, 0.15) is 12.5 Å². The lowest BCUT2D eigenvalue weighted by Crippen LogP contribution is -2.29. The Balaban J connectivity index is 2.07. The molecule has 3 rings (SSSR count). The third-order valence-corrected chi connectivity index (χ3v) is 3.33. The Hall–Kier alpha value is -2.58. The van der Waals surface area contributed by atoms with Crippen molar-refractivity contribution in [2.24, 2.45) is 0 Å². The Morgan fingerprint density at radius 1 is 1.53 bits per heavy atom. The molecular formula is C10H12N6O3. The zero-order valence-electron chi connectivity index (χ0n) is 9.91. The SMILES string of the molecule is Nc1ncnc2c1[nH]c(=O)n2[C@@H]1CCN(C(=O)O)C1. The van der Waals surface area contributed by atoms with Gasteiger partial charge in [-0.25, -0.2) is 19.6 Å². The molecule has 1 aliphatic rings. The van der Waals surface area contributed by atoms with Crippen molar-refractivity contribution in [2.45, 2.75) is 12.5 Å². The maximum Gasteiger partial charge on any atom is 0.407 e. The molecule has 3 heterocycles. The van der Waals surface area contributed by atoms with Crippen molar-refractivity contribution in [3.8, 4) is 0 Å². The molecule has 1 aliphatic heterocycles. The van der Waals surface area contributed by atoms with E-state index in [0.717, 1.165) is 0 Å². The average molecular weight is 264 g/mol. The highest BCUT2D eigenvalue weighted by molar-refractivity contribution is 5.81. The van der Waals surface area contributed by atoms with E-state index < -0.39 is 6.09 Å². The number of rotatable bonds is 1. The number of nitrogen functional groups attached to an aromatic ring is 1. The second-order valence-electron chi connectivity index (χ2n) is 4.43. The molecule has 0 aromatic carbocycles. The molecule has 1 fully saturated rings. The quantitative estimate of drug-likeness (QED) is 0.644. The molecule has 4 N–H and O–H groups in total. The third-order valence-electron chi connectivity index (χ3n) is 3.33. The number of nitrogens with two attached hydrogens (primary N) is 1. The van der Waals surface area contributed by atoms with Gasteiger partial charge in [-0.1, -0.05) is 0 Å². The fourth-order valence-electron chi connectivity index (χ4n) is 2.42. The van der Waals surface area contributed by atoms with Gasteiger partial charge in [-0.05, 0) is 6.42 Å². The van der Waals surface area contributed by atoms with Gasteiger partial charge in [0.15, 0.2) is 11.5 Å². The molecule has 2 aromatic heterocycles. The highest BCUT2D eigenvalue weighted by Gasteiger charge is 2.29. The fraction of sp³-hybridized carbons (Fsp3) is 0.400. The van der Waals surface area contributed by atoms with Crippen molar-refractivity contribution in [3.05, 3.63) is 16.8 Å². The predicted molar refractivity (Wildman–Crippen MR) is 65.8 cm³/mol. The van der Waals surface area contributed by atoms with Crippen LogP contribution < -0.4 is 11.4 Å². The minimum absolute atomic E-state index is 0.203. The van der Waals surface area contributed by atoms with E-state index in [9.17, 15) is 9.59 Å². The van der Waals surface area contributed by atoms with Crippen LogP contribution in [0.15, 0.2) is 11.1 Å². The standard InChI is InChI=1S/C10H12N6O3/c11-7-6-8(13-4-12-7)16(9(17)14-6)5-1-2-15(3-5)10(18)19/h4-5H,1-3H2,(H,14,17)(H,18,19)(H2,11,12,13)/t5-/m1/s1. The number of anilines is 1. The van der Waals surface area contributed by atoms with Gasteiger partial charge in [0.1, 0.15) is 11.8 Å². The van der Waals surface area contributed by atoms with Gasteiger partial charge in [-0.2, -0.15) is 0 Å². The first-order valence-electron chi connectivity index (χ1n) is 5.76. The fourth-order valence-corrected chi connectivity index (χ4v) is 2.42. The number of nitrogens with one attached hydrogen (secondary N) is 1. The summed E-state index contributed by atoms with van der Waals surface area (Å²) in [6, 6.07) is -0.230. The number of aromatic nitrogens is 4. The molecule has 9 heteroatoms. The number of hydrogen-bond acceptors (Lipinski definition) is 5. The molecule has 0 aliphatic carbocycles. The van der Waals surface area contributed by atoms with Crippen molar-refractivity contribution >= 4 is 23.1 Å². The number of imidazole rings is 1. The summed E-state index contributed by atoms with van der Waals surface area (Å²) in [5.41, 5.74) is 6.13. The summed E-state index contributed by atoms with van der Waals surface area (Å²) in [6.07, 6.45) is 0.874. The van der Waals surface area contributed by atoms with Gasteiger partial charge in [0.25, 0.3) is 0 Å². The molecule has 1 amide bonds. The van der Waals surface area contributed by atoms with Crippen LogP contribution in [-0.2, 0) is 0 Å². The lowest BCUT2D eigenvalue weighted by atomic mass is 10.2. The number of H-pyrrole nitrogens is 1. The maximum atomic E-state index is 12.0. The van der Waals surface area contributed by atoms with Crippen molar-refractivity contribution in [2.75, 3.05) is 18.8 Å². The van der Waals surface area contributed by atoms with Gasteiger partial charge in [0, 0.05) is 13.1 Å². The van der Waals surface area contributed by atoms with Crippen molar-refractivity contribution < 1.29 is 9.90 Å². The van der Waals surface area contributed by atoms with Crippen molar-refractivity contribution in [1.29, 1.82) is 0 Å². The number of aromatic amines is 1. The molecule has 0 saturated carbocycles. The number of hydrogen-bond donors (Lipinski definition) is 3. The van der Waals surface area contributed by atoms with E-state index in [4.69, 9.17) is 10.8 Å². The molecule has 0 unspecified atom stereocenters. The first kappa shape index (κ1) is 11.5. The van der Waals surface area contributed by atoms with Crippen LogP contribution in [0, 0.1) is 0 Å². The minimum Gasteiger partial charge on any atom is -0.465 e. The lowest BCUT2D eigenvalue weighted by Gasteiger charge is -2.13. The Morgan fingerprint density at radius 3 is 3.00 bits per heavy atom. The summed E-state index contributed by atoms with van der Waals surface area (Å²) >= 11 is 0. The topological polar surface area (TPSA) is 130 Å². The van der Waals surface area contributed by atoms with Crippen LogP contribution in [0.3, 0.4) is 0 Å². The average Bonchev–Trinajstić information content (AvgIpc) is 2.93. The zero-order chi connectivity index (χ0) is 13.6. The molecule has 1 saturated heterocycles. The van der Waals surface area contributed by atoms with Crippen molar-refractivity contribution in [1.82, 2.24) is 24.4 Å². The number of amides is 1. The minimum atomic E-state index is -0.982. The summed E-state index contributed by atoms with van der Waals surface area (Å²) in [5.74, 6) is 0.203. The summed E-state index contributed by atoms with van der Waals surface area (Å²) in [4.78, 5) is 34.6. The Kier molecular flexibility index (Phi) is 2.40. The molecule has 1 atom stereocenters. The molecular weight excluding hydrogens is 252 g/mol. The largest absolute Gasteiger partial charge is 0.465 e. The number of likely N-dealkylation sites (tertiary alicyclic amines) is 1. The van der Waals surface area contributed by atoms with Crippen LogP contribution in [-0.4, -0.2) is 48.7 Å². The molecule has 9 nitrogen and oxygen atoms in total. The molecule has 0 bridgehead atoms. The monoisotopic (exact) mass is 264 g/mol. The van der Waals surface area contributed by atoms with Crippen LogP contribution in [0.25, 0.3) is 11.2 Å². The first-order chi connectivity index (χ1) is 9.08. The number of nitrogens with zero attached hydrogens (tertiary/aromatic N) is 4. The molecule has 0 radical (unpaired) electrons. The van der Waals surface area contributed by atoms with E-state index >= 15 is 0 Å². The van der Waals surface area contributed by atoms with E-state index in [0.29, 0.717) is 24.1 Å². The van der Waals surface area contributed by atoms with E-state index in [1.54, 1.807) is 0 Å². The van der Waals surface area contributed by atoms with E-state index in [1.807, 2.05) is 0 Å². The summed E-state index contributed by atoms with van der Waals surface area (Å²) < 4.78 is 1.45. The van der Waals surface area contributed by atoms with Crippen LogP contribution >= 0.6 is 0 Å². The number of carboxylic acid groups (broad SMARTS) is 1. The van der Waals surface area contributed by atoms with Gasteiger partial charge in [0.2, 0.25) is 0 Å². The highest BCUT2D eigenvalue weighted by Crippen LogP contribution is 2.24. The van der Waals surface area contributed by atoms with E-state index in [-0.39, 0.29) is 24.1 Å². The molecule has 19 heavy (non-hydrogen) atoms. The van der Waals surface area contributed by atoms with Gasteiger partial charge < -0.3 is 20.7 Å². The Bertz CT molecular complexity index is 705. The van der Waals surface area contributed by atoms with Crippen molar-refractivity contribution in [3.63, 3.8) is 0 Å². The Morgan fingerprint density at radius 2 is 2.32 bits per heavy atom. The van der Waals surface area contributed by atoms with Crippen LogP contribution in [0.5, 0.6) is 0 Å². The second-order valence-corrected chi connectivity index (χ2v) is 4.43. The van der Waals surface area contributed by atoms with Gasteiger partial charge in [0.05, 0.1) is 6.04 Å². The van der Waals surface area contributed by atoms with Gasteiger partial charge >= 0.3 is 11.8 Å². The number of carbonyl (C=O) groups is 1. The summed E-state index contributed by atoms with van der Waals surface area (Å²) in [6.45, 7) is 0.672. The molecule has 0 spiro atoms. The van der Waals surface area contributed by atoms with E-state index in [2.05, 4.69) is 15.0 Å². The summed E-state index contributed by atoms with van der Waals surface area (Å²) in [5, 5.41) is 8.94. The Labute approximate surface area is 106 Å². The zero-order valence-corrected chi connectivity index (χ0v) is 9.91. The smallest absolute Gasteiger partial charge is 0.407 e. The van der Waals surface area contributed by atoms with Gasteiger partial charge in [-0.15, -0.1) is 0 Å². The lowest BCUT2D eigenvalue weighted by molar-refractivity contribution is 0.154. The maximum absolute atomic E-state index is 12.0.